The van der Waals surface area contributed by atoms with Crippen LogP contribution in [-0.4, -0.2) is 53.3 Å². The molecule has 3 aromatic heterocycles. The number of anilines is 2. The van der Waals surface area contributed by atoms with Crippen LogP contribution in [0.4, 0.5) is 11.5 Å². The standard InChI is InChI=1S/C24H27N5O3/c30-23(27-18-7-10-25-11-8-18)17-3-5-19(6-4-17)32-24-20-2-1-9-26-21(20)16-22(28-24)29-12-14-31-15-13-29/h1-2,7-11,16-17,19H,3-6,12-15H2,(H,25,27,30). The van der Waals surface area contributed by atoms with Gasteiger partial charge in [-0.25, -0.2) is 0 Å². The zero-order valence-corrected chi connectivity index (χ0v) is 17.9. The summed E-state index contributed by atoms with van der Waals surface area (Å²) >= 11 is 0. The first-order valence-corrected chi connectivity index (χ1v) is 11.2. The van der Waals surface area contributed by atoms with Crippen LogP contribution in [0, 0.1) is 5.92 Å². The number of morpholine rings is 1. The summed E-state index contributed by atoms with van der Waals surface area (Å²) in [7, 11) is 0. The molecule has 3 aromatic rings. The van der Waals surface area contributed by atoms with Gasteiger partial charge in [-0.2, -0.15) is 4.98 Å². The van der Waals surface area contributed by atoms with Crippen molar-refractivity contribution in [1.29, 1.82) is 0 Å². The minimum absolute atomic E-state index is 0.00549. The molecular weight excluding hydrogens is 406 g/mol. The SMILES string of the molecule is O=C(Nc1ccncc1)C1CCC(Oc2nc(N3CCOCC3)cc3ncccc23)CC1. The first-order chi connectivity index (χ1) is 15.8. The van der Waals surface area contributed by atoms with Gasteiger partial charge in [0.1, 0.15) is 11.9 Å². The molecule has 2 aliphatic rings. The highest BCUT2D eigenvalue weighted by atomic mass is 16.5. The van der Waals surface area contributed by atoms with Crippen molar-refractivity contribution in [2.75, 3.05) is 36.5 Å². The molecule has 1 N–H and O–H groups in total. The molecule has 0 atom stereocenters. The molecule has 1 aliphatic carbocycles. The van der Waals surface area contributed by atoms with Crippen molar-refractivity contribution < 1.29 is 14.3 Å². The Morgan fingerprint density at radius 3 is 2.62 bits per heavy atom. The highest BCUT2D eigenvalue weighted by Crippen LogP contribution is 2.32. The number of rotatable bonds is 5. The quantitative estimate of drug-likeness (QED) is 0.659. The number of pyridine rings is 3. The summed E-state index contributed by atoms with van der Waals surface area (Å²) in [6, 6.07) is 9.54. The maximum Gasteiger partial charge on any atom is 0.227 e. The predicted octanol–water partition coefficient (Wildman–Crippen LogP) is 3.44. The van der Waals surface area contributed by atoms with Crippen LogP contribution in [0.2, 0.25) is 0 Å². The molecule has 1 saturated heterocycles. The lowest BCUT2D eigenvalue weighted by Gasteiger charge is -2.30. The Bertz CT molecular complexity index is 1060. The molecule has 0 radical (unpaired) electrons. The predicted molar refractivity (Wildman–Crippen MR) is 122 cm³/mol. The average Bonchev–Trinajstić information content (AvgIpc) is 2.85. The van der Waals surface area contributed by atoms with E-state index in [0.717, 1.165) is 61.2 Å². The van der Waals surface area contributed by atoms with Crippen LogP contribution in [0.5, 0.6) is 5.88 Å². The molecule has 0 unspecified atom stereocenters. The lowest BCUT2D eigenvalue weighted by Crippen LogP contribution is -2.37. The van der Waals surface area contributed by atoms with Crippen molar-refractivity contribution in [1.82, 2.24) is 15.0 Å². The monoisotopic (exact) mass is 433 g/mol. The van der Waals surface area contributed by atoms with Crippen molar-refractivity contribution in [3.05, 3.63) is 48.9 Å². The second-order valence-corrected chi connectivity index (χ2v) is 8.27. The summed E-state index contributed by atoms with van der Waals surface area (Å²) < 4.78 is 11.9. The average molecular weight is 434 g/mol. The van der Waals surface area contributed by atoms with Crippen molar-refractivity contribution >= 4 is 28.3 Å². The minimum Gasteiger partial charge on any atom is -0.474 e. The van der Waals surface area contributed by atoms with Crippen LogP contribution < -0.4 is 15.0 Å². The Morgan fingerprint density at radius 2 is 1.84 bits per heavy atom. The van der Waals surface area contributed by atoms with E-state index in [1.165, 1.54) is 0 Å². The Hall–Kier alpha value is -3.26. The van der Waals surface area contributed by atoms with Crippen LogP contribution in [0.15, 0.2) is 48.9 Å². The van der Waals surface area contributed by atoms with Gasteiger partial charge < -0.3 is 19.7 Å². The molecule has 8 nitrogen and oxygen atoms in total. The van der Waals surface area contributed by atoms with E-state index in [1.54, 1.807) is 30.7 Å². The van der Waals surface area contributed by atoms with Gasteiger partial charge >= 0.3 is 0 Å². The third-order valence-electron chi connectivity index (χ3n) is 6.16. The van der Waals surface area contributed by atoms with Gasteiger partial charge in [0.2, 0.25) is 11.8 Å². The summed E-state index contributed by atoms with van der Waals surface area (Å²) in [6.45, 7) is 3.01. The van der Waals surface area contributed by atoms with Crippen molar-refractivity contribution in [3.8, 4) is 5.88 Å². The number of hydrogen-bond acceptors (Lipinski definition) is 7. The number of fused-ring (bicyclic) bond motifs is 1. The molecule has 1 saturated carbocycles. The smallest absolute Gasteiger partial charge is 0.227 e. The summed E-state index contributed by atoms with van der Waals surface area (Å²) in [5.74, 6) is 1.56. The Labute approximate surface area is 187 Å². The molecule has 2 fully saturated rings. The van der Waals surface area contributed by atoms with Gasteiger partial charge in [-0.1, -0.05) is 0 Å². The molecule has 0 bridgehead atoms. The third kappa shape index (κ3) is 4.65. The fraction of sp³-hybridized carbons (Fsp3) is 0.417. The molecule has 0 spiro atoms. The summed E-state index contributed by atoms with van der Waals surface area (Å²) in [6.07, 6.45) is 8.41. The lowest BCUT2D eigenvalue weighted by molar-refractivity contribution is -0.121. The van der Waals surface area contributed by atoms with E-state index in [2.05, 4.69) is 20.2 Å². The van der Waals surface area contributed by atoms with E-state index in [4.69, 9.17) is 14.5 Å². The number of ether oxygens (including phenoxy) is 2. The second-order valence-electron chi connectivity index (χ2n) is 8.27. The van der Waals surface area contributed by atoms with E-state index in [1.807, 2.05) is 18.2 Å². The maximum atomic E-state index is 12.6. The Morgan fingerprint density at radius 1 is 1.06 bits per heavy atom. The van der Waals surface area contributed by atoms with Crippen LogP contribution in [-0.2, 0) is 9.53 Å². The number of nitrogens with zero attached hydrogens (tertiary/aromatic N) is 4. The summed E-state index contributed by atoms with van der Waals surface area (Å²) in [5, 5.41) is 3.91. The summed E-state index contributed by atoms with van der Waals surface area (Å²) in [5.41, 5.74) is 1.66. The van der Waals surface area contributed by atoms with Gasteiger partial charge in [-0.05, 0) is 49.9 Å². The van der Waals surface area contributed by atoms with Crippen molar-refractivity contribution in [2.45, 2.75) is 31.8 Å². The fourth-order valence-corrected chi connectivity index (χ4v) is 4.36. The molecule has 4 heterocycles. The Kier molecular flexibility index (Phi) is 6.11. The van der Waals surface area contributed by atoms with Gasteiger partial charge in [0.15, 0.2) is 0 Å². The van der Waals surface area contributed by atoms with Crippen LogP contribution in [0.3, 0.4) is 0 Å². The third-order valence-corrected chi connectivity index (χ3v) is 6.16. The van der Waals surface area contributed by atoms with E-state index in [-0.39, 0.29) is 17.9 Å². The zero-order valence-electron chi connectivity index (χ0n) is 17.9. The number of carbonyl (C=O) groups excluding carboxylic acids is 1. The largest absolute Gasteiger partial charge is 0.474 e. The van der Waals surface area contributed by atoms with Gasteiger partial charge in [0.25, 0.3) is 0 Å². The molecule has 8 heteroatoms. The van der Waals surface area contributed by atoms with E-state index in [0.29, 0.717) is 19.1 Å². The molecule has 32 heavy (non-hydrogen) atoms. The molecule has 166 valence electrons. The number of carbonyl (C=O) groups is 1. The molecule has 5 rings (SSSR count). The van der Waals surface area contributed by atoms with E-state index < -0.39 is 0 Å². The Balaban J connectivity index is 1.26. The number of nitrogens with one attached hydrogen (secondary N) is 1. The summed E-state index contributed by atoms with van der Waals surface area (Å²) in [4.78, 5) is 28.2. The van der Waals surface area contributed by atoms with Gasteiger partial charge in [0.05, 0.1) is 24.1 Å². The number of hydrogen-bond donors (Lipinski definition) is 1. The molecular formula is C24H27N5O3. The van der Waals surface area contributed by atoms with Gasteiger partial charge in [0, 0.05) is 49.4 Å². The van der Waals surface area contributed by atoms with Crippen LogP contribution in [0.25, 0.3) is 10.9 Å². The highest BCUT2D eigenvalue weighted by molar-refractivity contribution is 5.92. The second kappa shape index (κ2) is 9.48. The fourth-order valence-electron chi connectivity index (χ4n) is 4.36. The normalized spacial score (nSPS) is 21.3. The molecule has 0 aromatic carbocycles. The first-order valence-electron chi connectivity index (χ1n) is 11.2. The lowest BCUT2D eigenvalue weighted by atomic mass is 9.86. The van der Waals surface area contributed by atoms with Crippen LogP contribution in [0.1, 0.15) is 25.7 Å². The van der Waals surface area contributed by atoms with Gasteiger partial charge in [-0.15, -0.1) is 0 Å². The van der Waals surface area contributed by atoms with Crippen molar-refractivity contribution in [3.63, 3.8) is 0 Å². The van der Waals surface area contributed by atoms with Gasteiger partial charge in [-0.3, -0.25) is 14.8 Å². The number of aromatic nitrogens is 3. The first kappa shape index (κ1) is 20.6. The zero-order chi connectivity index (χ0) is 21.8. The van der Waals surface area contributed by atoms with Crippen LogP contribution >= 0.6 is 0 Å². The van der Waals surface area contributed by atoms with E-state index in [9.17, 15) is 4.79 Å². The maximum absolute atomic E-state index is 12.6. The highest BCUT2D eigenvalue weighted by Gasteiger charge is 2.28. The van der Waals surface area contributed by atoms with Crippen molar-refractivity contribution in [2.24, 2.45) is 5.92 Å². The molecule has 1 aliphatic heterocycles. The van der Waals surface area contributed by atoms with E-state index >= 15 is 0 Å². The number of amides is 1. The topological polar surface area (TPSA) is 89.5 Å². The molecule has 1 amide bonds. The minimum atomic E-state index is -0.00549.